The first kappa shape index (κ1) is 32.6. The number of anilines is 2. The van der Waals surface area contributed by atoms with Crippen molar-refractivity contribution in [3.8, 4) is 0 Å². The highest BCUT2D eigenvalue weighted by atomic mass is 35.5. The topological polar surface area (TPSA) is 15.7 Å². The Morgan fingerprint density at radius 3 is 2.18 bits per heavy atom. The summed E-state index contributed by atoms with van der Waals surface area (Å²) in [6, 6.07) is 17.5. The van der Waals surface area contributed by atoms with Gasteiger partial charge in [-0.05, 0) is 72.2 Å². The Bertz CT molecular complexity index is 1460. The second kappa shape index (κ2) is 13.3. The van der Waals surface area contributed by atoms with E-state index in [-0.39, 0.29) is 10.8 Å². The molecular weight excluding hydrogens is 560 g/mol. The van der Waals surface area contributed by atoms with Gasteiger partial charge in [0.2, 0.25) is 0 Å². The number of nitrogens with zero attached hydrogens (tertiary/aromatic N) is 2. The van der Waals surface area contributed by atoms with Crippen molar-refractivity contribution in [2.45, 2.75) is 109 Å². The van der Waals surface area contributed by atoms with Gasteiger partial charge in [-0.1, -0.05) is 127 Å². The van der Waals surface area contributed by atoms with Crippen LogP contribution in [0.4, 0.5) is 11.4 Å². The summed E-state index contributed by atoms with van der Waals surface area (Å²) in [7, 11) is 4.36. The van der Waals surface area contributed by atoms with E-state index in [1.54, 1.807) is 0 Å². The molecule has 5 rings (SSSR count). The van der Waals surface area contributed by atoms with Crippen LogP contribution in [0.1, 0.15) is 104 Å². The molecule has 236 valence electrons. The maximum absolute atomic E-state index is 7.21. The van der Waals surface area contributed by atoms with E-state index in [4.69, 9.17) is 16.3 Å². The highest BCUT2D eigenvalue weighted by molar-refractivity contribution is 6.32. The fraction of sp³-hybridized carbons (Fsp3) is 0.500. The summed E-state index contributed by atoms with van der Waals surface area (Å²) in [4.78, 5) is 4.68. The molecule has 3 aliphatic rings. The van der Waals surface area contributed by atoms with Gasteiger partial charge in [-0.15, -0.1) is 0 Å². The summed E-state index contributed by atoms with van der Waals surface area (Å²) >= 11 is 7.21. The second-order valence-electron chi connectivity index (χ2n) is 14.0. The first-order valence-corrected chi connectivity index (χ1v) is 17.2. The van der Waals surface area contributed by atoms with Crippen LogP contribution >= 0.6 is 11.6 Å². The Morgan fingerprint density at radius 2 is 1.48 bits per heavy atom. The van der Waals surface area contributed by atoms with Crippen LogP contribution in [0.25, 0.3) is 0 Å². The molecule has 1 atom stereocenters. The van der Waals surface area contributed by atoms with Crippen LogP contribution in [-0.2, 0) is 15.6 Å². The molecule has 2 aromatic rings. The van der Waals surface area contributed by atoms with Crippen LogP contribution in [0.2, 0.25) is 0 Å². The lowest BCUT2D eigenvalue weighted by atomic mass is 9.77. The van der Waals surface area contributed by atoms with Crippen molar-refractivity contribution < 1.29 is 4.74 Å². The number of para-hydroxylation sites is 2. The van der Waals surface area contributed by atoms with E-state index in [0.29, 0.717) is 0 Å². The quantitative estimate of drug-likeness (QED) is 0.235. The summed E-state index contributed by atoms with van der Waals surface area (Å²) in [5.41, 5.74) is 8.08. The molecule has 0 spiro atoms. The lowest BCUT2D eigenvalue weighted by Gasteiger charge is -2.44. The van der Waals surface area contributed by atoms with Gasteiger partial charge in [0.15, 0.2) is 5.72 Å². The van der Waals surface area contributed by atoms with E-state index in [1.807, 2.05) is 0 Å². The fourth-order valence-corrected chi connectivity index (χ4v) is 8.06. The zero-order valence-corrected chi connectivity index (χ0v) is 28.9. The lowest BCUT2D eigenvalue weighted by Crippen LogP contribution is -2.55. The molecule has 0 saturated carbocycles. The highest BCUT2D eigenvalue weighted by Crippen LogP contribution is 2.53. The number of benzene rings is 2. The number of allylic oxidation sites excluding steroid dienone is 7. The number of halogens is 1. The molecule has 4 heteroatoms. The molecule has 2 aliphatic heterocycles. The first-order chi connectivity index (χ1) is 21.1. The predicted octanol–water partition coefficient (Wildman–Crippen LogP) is 11.0. The highest BCUT2D eigenvalue weighted by Gasteiger charge is 2.55. The number of likely N-dealkylation sites (N-methyl/N-ethyl adjacent to an activating group) is 2. The third kappa shape index (κ3) is 5.83. The van der Waals surface area contributed by atoms with Crippen LogP contribution in [0, 0.1) is 0 Å². The molecule has 0 aromatic heterocycles. The Morgan fingerprint density at radius 1 is 0.818 bits per heavy atom. The third-order valence-corrected chi connectivity index (χ3v) is 11.0. The monoisotopic (exact) mass is 612 g/mol. The molecule has 0 bridgehead atoms. The minimum Gasteiger partial charge on any atom is -0.351 e. The van der Waals surface area contributed by atoms with E-state index in [0.717, 1.165) is 37.3 Å². The number of rotatable bonds is 11. The molecular formula is C40H53ClN2O. The zero-order chi connectivity index (χ0) is 31.5. The van der Waals surface area contributed by atoms with Crippen LogP contribution in [0.15, 0.2) is 94.7 Å². The first-order valence-electron chi connectivity index (χ1n) is 16.9. The standard InChI is InChI=1S/C40H53ClN2O/c1-8-9-10-11-12-17-29-44-40(39(4,5)33-22-14-16-24-35(33)43(40)7)28-27-31-20-18-19-30(37(31)41)25-26-36-38(2,3)32-21-13-15-23-34(32)42(36)6/h13-16,21-28H,8-12,17-20,29H2,1-7H3/b28-27+,30-25+,36-26-. The van der Waals surface area contributed by atoms with Crippen molar-refractivity contribution in [1.29, 1.82) is 0 Å². The van der Waals surface area contributed by atoms with Gasteiger partial charge in [-0.3, -0.25) is 0 Å². The minimum absolute atomic E-state index is 0.0522. The maximum atomic E-state index is 7.21. The molecule has 2 heterocycles. The smallest absolute Gasteiger partial charge is 0.169 e. The summed E-state index contributed by atoms with van der Waals surface area (Å²) in [5.74, 6) is 0. The van der Waals surface area contributed by atoms with E-state index >= 15 is 0 Å². The molecule has 0 amide bonds. The van der Waals surface area contributed by atoms with Crippen molar-refractivity contribution in [2.75, 3.05) is 30.5 Å². The van der Waals surface area contributed by atoms with Crippen molar-refractivity contribution in [1.82, 2.24) is 0 Å². The lowest BCUT2D eigenvalue weighted by molar-refractivity contribution is -0.0481. The van der Waals surface area contributed by atoms with Crippen molar-refractivity contribution in [3.05, 3.63) is 106 Å². The molecule has 2 aromatic carbocycles. The van der Waals surface area contributed by atoms with Gasteiger partial charge >= 0.3 is 0 Å². The summed E-state index contributed by atoms with van der Waals surface area (Å²) in [6.45, 7) is 12.3. The molecule has 44 heavy (non-hydrogen) atoms. The molecule has 0 saturated heterocycles. The molecule has 0 N–H and O–H groups in total. The van der Waals surface area contributed by atoms with Gasteiger partial charge in [-0.25, -0.2) is 0 Å². The Hall–Kier alpha value is -2.75. The average Bonchev–Trinajstić information content (AvgIpc) is 3.31. The molecule has 0 fully saturated rings. The number of fused-ring (bicyclic) bond motifs is 2. The van der Waals surface area contributed by atoms with Crippen molar-refractivity contribution >= 4 is 23.0 Å². The summed E-state index contributed by atoms with van der Waals surface area (Å²) in [6.07, 6.45) is 19.7. The van der Waals surface area contributed by atoms with Crippen molar-refractivity contribution in [2.24, 2.45) is 0 Å². The average molecular weight is 613 g/mol. The third-order valence-electron chi connectivity index (χ3n) is 10.5. The van der Waals surface area contributed by atoms with Gasteiger partial charge in [-0.2, -0.15) is 0 Å². The Kier molecular flexibility index (Phi) is 9.87. The van der Waals surface area contributed by atoms with E-state index < -0.39 is 5.72 Å². The molecule has 0 radical (unpaired) electrons. The second-order valence-corrected chi connectivity index (χ2v) is 14.4. The van der Waals surface area contributed by atoms with E-state index in [2.05, 4.69) is 131 Å². The van der Waals surface area contributed by atoms with Crippen LogP contribution < -0.4 is 9.80 Å². The fourth-order valence-electron chi connectivity index (χ4n) is 7.74. The summed E-state index contributed by atoms with van der Waals surface area (Å²) in [5, 5.41) is 0.891. The van der Waals surface area contributed by atoms with Crippen LogP contribution in [0.3, 0.4) is 0 Å². The van der Waals surface area contributed by atoms with Gasteiger partial charge in [0, 0.05) is 53.6 Å². The summed E-state index contributed by atoms with van der Waals surface area (Å²) < 4.78 is 6.98. The van der Waals surface area contributed by atoms with Gasteiger partial charge in [0.1, 0.15) is 0 Å². The van der Waals surface area contributed by atoms with Crippen molar-refractivity contribution in [3.63, 3.8) is 0 Å². The van der Waals surface area contributed by atoms with Gasteiger partial charge in [0.25, 0.3) is 0 Å². The van der Waals surface area contributed by atoms with E-state index in [9.17, 15) is 0 Å². The number of unbranched alkanes of at least 4 members (excludes halogenated alkanes) is 5. The number of hydrogen-bond acceptors (Lipinski definition) is 3. The molecule has 3 nitrogen and oxygen atoms in total. The number of ether oxygens (including phenoxy) is 1. The minimum atomic E-state index is -0.587. The molecule has 1 aliphatic carbocycles. The van der Waals surface area contributed by atoms with Gasteiger partial charge in [0.05, 0.1) is 0 Å². The van der Waals surface area contributed by atoms with Crippen LogP contribution in [-0.4, -0.2) is 26.4 Å². The Balaban J connectivity index is 1.43. The van der Waals surface area contributed by atoms with Gasteiger partial charge < -0.3 is 14.5 Å². The largest absolute Gasteiger partial charge is 0.351 e. The zero-order valence-electron chi connectivity index (χ0n) is 28.2. The molecule has 1 unspecified atom stereocenters. The normalized spacial score (nSPS) is 24.2. The SMILES string of the molecule is CCCCCCCCOC1(/C=C/C2=C(Cl)C(=C/C=C3\N(C)c4ccccc4C3(C)C)/CCC2)N(C)c2ccccc2C1(C)C. The maximum Gasteiger partial charge on any atom is 0.169 e. The van der Waals surface area contributed by atoms with Crippen LogP contribution in [0.5, 0.6) is 0 Å². The predicted molar refractivity (Wildman–Crippen MR) is 190 cm³/mol. The van der Waals surface area contributed by atoms with E-state index in [1.165, 1.54) is 71.4 Å². The number of hydrogen-bond donors (Lipinski definition) is 0. The Labute approximate surface area is 272 Å².